The second-order valence-corrected chi connectivity index (χ2v) is 7.29. The highest BCUT2D eigenvalue weighted by molar-refractivity contribution is 8.24. The van der Waals surface area contributed by atoms with Crippen LogP contribution in [0.3, 0.4) is 0 Å². The molecule has 0 bridgehead atoms. The molecule has 21 heavy (non-hydrogen) atoms. The predicted octanol–water partition coefficient (Wildman–Crippen LogP) is 1.85. The van der Waals surface area contributed by atoms with Gasteiger partial charge in [-0.2, -0.15) is 18.6 Å². The number of carbonyl (C=O) groups excluding carboxylic acids is 1. The van der Waals surface area contributed by atoms with E-state index in [1.807, 2.05) is 0 Å². The lowest BCUT2D eigenvalue weighted by atomic mass is 10.3. The average Bonchev–Trinajstić information content (AvgIpc) is 2.67. The Hall–Kier alpha value is -1.27. The Morgan fingerprint density at radius 2 is 2.10 bits per heavy atom. The molecule has 1 heterocycles. The van der Waals surface area contributed by atoms with Crippen LogP contribution in [0.2, 0.25) is 5.02 Å². The number of phenols is 1. The molecule has 8 nitrogen and oxygen atoms in total. The third-order valence-electron chi connectivity index (χ3n) is 2.24. The zero-order valence-corrected chi connectivity index (χ0v) is 13.1. The fourth-order valence-electron chi connectivity index (χ4n) is 1.37. The number of halogens is 1. The van der Waals surface area contributed by atoms with Gasteiger partial charge < -0.3 is 10.4 Å². The van der Waals surface area contributed by atoms with Gasteiger partial charge in [-0.25, -0.2) is 0 Å². The smallest absolute Gasteiger partial charge is 0.298 e. The average molecular weight is 368 g/mol. The van der Waals surface area contributed by atoms with Crippen LogP contribution in [0.15, 0.2) is 27.3 Å². The van der Waals surface area contributed by atoms with Gasteiger partial charge in [0.15, 0.2) is 5.75 Å². The van der Waals surface area contributed by atoms with Crippen LogP contribution in [0.5, 0.6) is 5.75 Å². The maximum Gasteiger partial charge on any atom is 0.298 e. The number of nitrogens with one attached hydrogen (secondary N) is 1. The van der Waals surface area contributed by atoms with Crippen molar-refractivity contribution in [1.29, 1.82) is 0 Å². The summed E-state index contributed by atoms with van der Waals surface area (Å²) in [5.41, 5.74) is -0.304. The number of carbonyl (C=O) groups is 1. The summed E-state index contributed by atoms with van der Waals surface area (Å²) in [5, 5.41) is 18.3. The molecule has 112 valence electrons. The molecular formula is C9H6ClN3O5S3. The van der Waals surface area contributed by atoms with E-state index in [1.165, 1.54) is 0 Å². The van der Waals surface area contributed by atoms with E-state index >= 15 is 0 Å². The van der Waals surface area contributed by atoms with Crippen LogP contribution in [0.25, 0.3) is 0 Å². The molecule has 3 N–H and O–H groups in total. The quantitative estimate of drug-likeness (QED) is 0.422. The van der Waals surface area contributed by atoms with E-state index in [2.05, 4.69) is 15.5 Å². The van der Waals surface area contributed by atoms with Crippen molar-refractivity contribution < 1.29 is 22.9 Å². The largest absolute Gasteiger partial charge is 0.504 e. The van der Waals surface area contributed by atoms with Gasteiger partial charge in [-0.05, 0) is 12.1 Å². The molecule has 1 aliphatic rings. The maximum atomic E-state index is 11.4. The fraction of sp³-hybridized carbons (Fsp3) is 0.111. The summed E-state index contributed by atoms with van der Waals surface area (Å²) in [5.74, 6) is -1.30. The second-order valence-electron chi connectivity index (χ2n) is 3.71. The zero-order chi connectivity index (χ0) is 15.8. The van der Waals surface area contributed by atoms with Crippen molar-refractivity contribution in [2.24, 2.45) is 10.2 Å². The van der Waals surface area contributed by atoms with Crippen molar-refractivity contribution in [2.45, 2.75) is 10.3 Å². The molecule has 1 unspecified atom stereocenters. The number of hydrogen-bond acceptors (Lipinski definition) is 8. The number of hydrogen-bond donors (Lipinski definition) is 3. The van der Waals surface area contributed by atoms with E-state index in [4.69, 9.17) is 28.4 Å². The van der Waals surface area contributed by atoms with Crippen molar-refractivity contribution in [3.05, 3.63) is 17.2 Å². The van der Waals surface area contributed by atoms with E-state index in [9.17, 15) is 18.3 Å². The molecule has 0 saturated carbocycles. The van der Waals surface area contributed by atoms with Gasteiger partial charge in [0.25, 0.3) is 16.0 Å². The van der Waals surface area contributed by atoms with Gasteiger partial charge in [-0.1, -0.05) is 35.6 Å². The number of thiocarbonyl (C=S) groups is 1. The zero-order valence-electron chi connectivity index (χ0n) is 9.85. The Bertz CT molecular complexity index is 764. The van der Waals surface area contributed by atoms with Crippen molar-refractivity contribution in [3.63, 3.8) is 0 Å². The number of thioether (sulfide) groups is 1. The molecule has 1 atom stereocenters. The Balaban J connectivity index is 2.39. The van der Waals surface area contributed by atoms with Crippen molar-refractivity contribution >= 4 is 61.6 Å². The first kappa shape index (κ1) is 16.1. The Kier molecular flexibility index (Phi) is 4.49. The summed E-state index contributed by atoms with van der Waals surface area (Å²) < 4.78 is 31.4. The van der Waals surface area contributed by atoms with E-state index in [0.29, 0.717) is 0 Å². The Morgan fingerprint density at radius 1 is 1.43 bits per heavy atom. The molecule has 1 amide bonds. The number of phenolic OH excluding ortho intramolecular Hbond substituents is 1. The SMILES string of the molecule is O=C1NC(=S)SC1N=Nc1cc(Cl)cc(S(=O)(=O)O)c1O. The molecular weight excluding hydrogens is 362 g/mol. The van der Waals surface area contributed by atoms with Crippen molar-refractivity contribution in [2.75, 3.05) is 0 Å². The van der Waals surface area contributed by atoms with Crippen LogP contribution in [-0.2, 0) is 14.9 Å². The molecule has 1 aromatic rings. The van der Waals surface area contributed by atoms with Gasteiger partial charge in [0.1, 0.15) is 14.9 Å². The Labute approximate surface area is 133 Å². The first-order valence-electron chi connectivity index (χ1n) is 5.11. The third kappa shape index (κ3) is 3.68. The molecule has 1 aliphatic heterocycles. The number of nitrogens with zero attached hydrogens (tertiary/aromatic N) is 2. The molecule has 0 radical (unpaired) electrons. The lowest BCUT2D eigenvalue weighted by molar-refractivity contribution is -0.118. The minimum Gasteiger partial charge on any atom is -0.504 e. The fourth-order valence-corrected chi connectivity index (χ4v) is 3.27. The van der Waals surface area contributed by atoms with Crippen LogP contribution in [-0.4, -0.2) is 33.7 Å². The lowest BCUT2D eigenvalue weighted by Gasteiger charge is -2.05. The third-order valence-corrected chi connectivity index (χ3v) is 4.56. The first-order chi connectivity index (χ1) is 9.68. The van der Waals surface area contributed by atoms with Crippen molar-refractivity contribution in [3.8, 4) is 5.75 Å². The van der Waals surface area contributed by atoms with Crippen LogP contribution >= 0.6 is 35.6 Å². The minimum atomic E-state index is -4.68. The maximum absolute atomic E-state index is 11.4. The molecule has 2 rings (SSSR count). The normalized spacial score (nSPS) is 19.2. The monoisotopic (exact) mass is 367 g/mol. The minimum absolute atomic E-state index is 0.0894. The molecule has 1 fully saturated rings. The van der Waals surface area contributed by atoms with E-state index < -0.39 is 32.0 Å². The predicted molar refractivity (Wildman–Crippen MR) is 79.6 cm³/mol. The first-order valence-corrected chi connectivity index (χ1v) is 8.21. The molecule has 0 aromatic heterocycles. The topological polar surface area (TPSA) is 128 Å². The number of benzene rings is 1. The summed E-state index contributed by atoms with van der Waals surface area (Å²) in [4.78, 5) is 10.6. The lowest BCUT2D eigenvalue weighted by Crippen LogP contribution is -2.22. The van der Waals surface area contributed by atoms with Crippen LogP contribution in [0.4, 0.5) is 5.69 Å². The summed E-state index contributed by atoms with van der Waals surface area (Å²) in [7, 11) is -4.68. The van der Waals surface area contributed by atoms with Gasteiger partial charge in [0.2, 0.25) is 5.37 Å². The highest BCUT2D eigenvalue weighted by Crippen LogP contribution is 2.37. The highest BCUT2D eigenvalue weighted by atomic mass is 35.5. The van der Waals surface area contributed by atoms with Crippen LogP contribution < -0.4 is 5.32 Å². The molecule has 0 spiro atoms. The summed E-state index contributed by atoms with van der Waals surface area (Å²) in [6.07, 6.45) is 0. The van der Waals surface area contributed by atoms with Gasteiger partial charge in [0.05, 0.1) is 0 Å². The summed E-state index contributed by atoms with van der Waals surface area (Å²) in [6.45, 7) is 0. The van der Waals surface area contributed by atoms with Gasteiger partial charge in [-0.3, -0.25) is 9.35 Å². The number of amides is 1. The highest BCUT2D eigenvalue weighted by Gasteiger charge is 2.29. The number of azo groups is 1. The second kappa shape index (κ2) is 5.85. The van der Waals surface area contributed by atoms with E-state index in [0.717, 1.165) is 23.9 Å². The van der Waals surface area contributed by atoms with E-state index in [-0.39, 0.29) is 15.0 Å². The molecule has 1 saturated heterocycles. The number of aromatic hydroxyl groups is 1. The summed E-state index contributed by atoms with van der Waals surface area (Å²) in [6, 6.07) is 1.99. The molecule has 0 aliphatic carbocycles. The van der Waals surface area contributed by atoms with E-state index in [1.54, 1.807) is 0 Å². The van der Waals surface area contributed by atoms with Crippen LogP contribution in [0, 0.1) is 0 Å². The van der Waals surface area contributed by atoms with Gasteiger partial charge >= 0.3 is 0 Å². The Morgan fingerprint density at radius 3 is 2.62 bits per heavy atom. The van der Waals surface area contributed by atoms with Crippen LogP contribution in [0.1, 0.15) is 0 Å². The molecule has 12 heteroatoms. The summed E-state index contributed by atoms with van der Waals surface area (Å²) >= 11 is 11.4. The van der Waals surface area contributed by atoms with Gasteiger partial charge in [-0.15, -0.1) is 0 Å². The molecule has 1 aromatic carbocycles. The van der Waals surface area contributed by atoms with Crippen molar-refractivity contribution in [1.82, 2.24) is 5.32 Å². The standard InChI is InChI=1S/C9H6ClN3O5S3/c10-3-1-4(6(14)5(2-3)21(16,17)18)12-13-8-7(15)11-9(19)20-8/h1-2,8,14H,(H,11,15,19)(H,16,17,18). The van der Waals surface area contributed by atoms with Gasteiger partial charge in [0, 0.05) is 5.02 Å². The number of rotatable bonds is 3.